The summed E-state index contributed by atoms with van der Waals surface area (Å²) in [5, 5.41) is 7.39. The third kappa shape index (κ3) is 4.85. The Morgan fingerprint density at radius 1 is 1.13 bits per heavy atom. The van der Waals surface area contributed by atoms with Gasteiger partial charge in [-0.05, 0) is 39.0 Å². The van der Waals surface area contributed by atoms with Crippen molar-refractivity contribution < 1.29 is 26.4 Å². The normalized spacial score (nSPS) is 13.5. The van der Waals surface area contributed by atoms with Crippen LogP contribution in [0.4, 0.5) is 18.9 Å². The fraction of sp³-hybridized carbons (Fsp3) is 0.316. The second-order valence-corrected chi connectivity index (χ2v) is 8.83. The van der Waals surface area contributed by atoms with Crippen LogP contribution in [0.1, 0.15) is 32.4 Å². The van der Waals surface area contributed by atoms with Gasteiger partial charge in [-0.2, -0.15) is 23.0 Å². The Hall–Kier alpha value is -2.99. The number of carbonyl (C=O) groups excluding carboxylic acids is 1. The van der Waals surface area contributed by atoms with Crippen molar-refractivity contribution in [3.05, 3.63) is 48.3 Å². The van der Waals surface area contributed by atoms with E-state index in [1.807, 2.05) is 18.6 Å². The van der Waals surface area contributed by atoms with Gasteiger partial charge in [0.05, 0.1) is 34.6 Å². The first-order chi connectivity index (χ1) is 14.4. The number of amides is 1. The monoisotopic (exact) mass is 455 g/mol. The first-order valence-corrected chi connectivity index (χ1v) is 10.7. The van der Waals surface area contributed by atoms with E-state index in [4.69, 9.17) is 0 Å². The van der Waals surface area contributed by atoms with E-state index in [-0.39, 0.29) is 6.04 Å². The predicted molar refractivity (Wildman–Crippen MR) is 108 cm³/mol. The summed E-state index contributed by atoms with van der Waals surface area (Å²) >= 11 is 0. The molecule has 0 bridgehead atoms. The summed E-state index contributed by atoms with van der Waals surface area (Å²) in [6, 6.07) is 4.11. The van der Waals surface area contributed by atoms with Gasteiger partial charge in [0, 0.05) is 11.4 Å². The van der Waals surface area contributed by atoms with Crippen LogP contribution in [0.15, 0.2) is 47.6 Å². The molecule has 1 amide bonds. The van der Waals surface area contributed by atoms with Crippen molar-refractivity contribution >= 4 is 32.7 Å². The van der Waals surface area contributed by atoms with Crippen LogP contribution < -0.4 is 10.0 Å². The molecule has 2 heterocycles. The number of hydrogen-bond donors (Lipinski definition) is 2. The van der Waals surface area contributed by atoms with Gasteiger partial charge in [0.2, 0.25) is 15.9 Å². The Morgan fingerprint density at radius 3 is 2.45 bits per heavy atom. The minimum Gasteiger partial charge on any atom is -0.323 e. The first-order valence-electron chi connectivity index (χ1n) is 9.23. The number of pyridine rings is 1. The van der Waals surface area contributed by atoms with Crippen LogP contribution in [-0.2, 0) is 21.0 Å². The molecular formula is C19H20F3N5O3S. The van der Waals surface area contributed by atoms with Crippen LogP contribution >= 0.6 is 0 Å². The van der Waals surface area contributed by atoms with Crippen molar-refractivity contribution in [2.24, 2.45) is 0 Å². The molecule has 0 spiro atoms. The highest BCUT2D eigenvalue weighted by atomic mass is 32.2. The van der Waals surface area contributed by atoms with E-state index in [0.717, 1.165) is 12.1 Å². The summed E-state index contributed by atoms with van der Waals surface area (Å²) in [4.78, 5) is 15.7. The third-order valence-electron chi connectivity index (χ3n) is 4.40. The number of hydrogen-bond acceptors (Lipinski definition) is 5. The lowest BCUT2D eigenvalue weighted by atomic mass is 10.2. The lowest BCUT2D eigenvalue weighted by Crippen LogP contribution is -2.42. The van der Waals surface area contributed by atoms with Gasteiger partial charge in [0.1, 0.15) is 0 Å². The van der Waals surface area contributed by atoms with Crippen molar-refractivity contribution in [1.82, 2.24) is 19.5 Å². The Balaban J connectivity index is 1.77. The van der Waals surface area contributed by atoms with E-state index in [1.165, 1.54) is 19.2 Å². The number of anilines is 1. The van der Waals surface area contributed by atoms with Crippen molar-refractivity contribution in [2.45, 2.75) is 43.9 Å². The molecule has 166 valence electrons. The first kappa shape index (κ1) is 22.7. The van der Waals surface area contributed by atoms with Crippen molar-refractivity contribution in [2.75, 3.05) is 5.32 Å². The predicted octanol–water partition coefficient (Wildman–Crippen LogP) is 3.34. The summed E-state index contributed by atoms with van der Waals surface area (Å²) in [5.41, 5.74) is -0.403. The lowest BCUT2D eigenvalue weighted by molar-refractivity contribution is -0.139. The largest absolute Gasteiger partial charge is 0.417 e. The number of rotatable bonds is 6. The van der Waals surface area contributed by atoms with E-state index in [2.05, 4.69) is 15.4 Å². The van der Waals surface area contributed by atoms with E-state index in [1.54, 1.807) is 16.9 Å². The molecule has 0 aliphatic heterocycles. The number of benzene rings is 1. The molecule has 3 rings (SSSR count). The SMILES string of the molecule is CC(NS(=O)(=O)c1ccccc1C(F)(F)F)C(=O)Nc1cnc2c(cnn2C(C)C)c1. The van der Waals surface area contributed by atoms with Crippen LogP contribution in [0.3, 0.4) is 0 Å². The molecule has 0 fully saturated rings. The second-order valence-electron chi connectivity index (χ2n) is 7.15. The van der Waals surface area contributed by atoms with Gasteiger partial charge < -0.3 is 5.32 Å². The molecule has 3 aromatic rings. The highest BCUT2D eigenvalue weighted by molar-refractivity contribution is 7.89. The molecule has 1 unspecified atom stereocenters. The molecule has 0 aliphatic carbocycles. The molecule has 31 heavy (non-hydrogen) atoms. The minimum atomic E-state index is -4.86. The molecule has 8 nitrogen and oxygen atoms in total. The van der Waals surface area contributed by atoms with Gasteiger partial charge in [-0.15, -0.1) is 0 Å². The Labute approximate surface area is 176 Å². The van der Waals surface area contributed by atoms with Crippen LogP contribution in [0.25, 0.3) is 11.0 Å². The number of nitrogens with zero attached hydrogens (tertiary/aromatic N) is 3. The van der Waals surface area contributed by atoms with Gasteiger partial charge in [-0.1, -0.05) is 12.1 Å². The van der Waals surface area contributed by atoms with Crippen LogP contribution in [-0.4, -0.2) is 35.1 Å². The zero-order valence-corrected chi connectivity index (χ0v) is 17.6. The summed E-state index contributed by atoms with van der Waals surface area (Å²) in [7, 11) is -4.61. The third-order valence-corrected chi connectivity index (χ3v) is 6.00. The number of alkyl halides is 3. The number of aromatic nitrogens is 3. The Bertz CT molecular complexity index is 1220. The second kappa shape index (κ2) is 8.27. The molecule has 1 aromatic carbocycles. The maximum absolute atomic E-state index is 13.2. The minimum absolute atomic E-state index is 0.0828. The molecular weight excluding hydrogens is 435 g/mol. The average molecular weight is 455 g/mol. The van der Waals surface area contributed by atoms with E-state index in [0.29, 0.717) is 22.8 Å². The fourth-order valence-corrected chi connectivity index (χ4v) is 4.35. The summed E-state index contributed by atoms with van der Waals surface area (Å²) in [5.74, 6) is -0.759. The number of nitrogens with one attached hydrogen (secondary N) is 2. The van der Waals surface area contributed by atoms with Gasteiger partial charge in [-0.3, -0.25) is 4.79 Å². The molecule has 0 aliphatic rings. The molecule has 2 N–H and O–H groups in total. The quantitative estimate of drug-likeness (QED) is 0.593. The molecule has 12 heteroatoms. The smallest absolute Gasteiger partial charge is 0.323 e. The number of halogens is 3. The van der Waals surface area contributed by atoms with Gasteiger partial charge >= 0.3 is 6.18 Å². The number of fused-ring (bicyclic) bond motifs is 1. The number of sulfonamides is 1. The summed E-state index contributed by atoms with van der Waals surface area (Å²) in [6.45, 7) is 5.11. The summed E-state index contributed by atoms with van der Waals surface area (Å²) in [6.07, 6.45) is -1.89. The molecule has 0 saturated heterocycles. The summed E-state index contributed by atoms with van der Waals surface area (Å²) < 4.78 is 68.1. The molecule has 0 radical (unpaired) electrons. The van der Waals surface area contributed by atoms with E-state index >= 15 is 0 Å². The molecule has 2 aromatic heterocycles. The van der Waals surface area contributed by atoms with Gasteiger partial charge in [0.25, 0.3) is 0 Å². The highest BCUT2D eigenvalue weighted by Crippen LogP contribution is 2.34. The Kier molecular flexibility index (Phi) is 6.05. The zero-order valence-electron chi connectivity index (χ0n) is 16.8. The van der Waals surface area contributed by atoms with Crippen LogP contribution in [0.5, 0.6) is 0 Å². The van der Waals surface area contributed by atoms with Crippen molar-refractivity contribution in [3.63, 3.8) is 0 Å². The highest BCUT2D eigenvalue weighted by Gasteiger charge is 2.37. The van der Waals surface area contributed by atoms with Crippen molar-refractivity contribution in [3.8, 4) is 0 Å². The van der Waals surface area contributed by atoms with E-state index < -0.39 is 38.6 Å². The van der Waals surface area contributed by atoms with Crippen LogP contribution in [0, 0.1) is 0 Å². The maximum Gasteiger partial charge on any atom is 0.417 e. The molecule has 0 saturated carbocycles. The lowest BCUT2D eigenvalue weighted by Gasteiger charge is -2.17. The average Bonchev–Trinajstić information content (AvgIpc) is 3.10. The van der Waals surface area contributed by atoms with Gasteiger partial charge in [-0.25, -0.2) is 18.1 Å². The zero-order chi connectivity index (χ0) is 23.0. The maximum atomic E-state index is 13.2. The standard InChI is InChI=1S/C19H20F3N5O3S/c1-11(2)27-17-13(9-24-27)8-14(10-23-17)25-18(28)12(3)26-31(29,30)16-7-5-4-6-15(16)19(20,21)22/h4-12,26H,1-3H3,(H,25,28). The van der Waals surface area contributed by atoms with Crippen molar-refractivity contribution in [1.29, 1.82) is 0 Å². The van der Waals surface area contributed by atoms with Gasteiger partial charge in [0.15, 0.2) is 5.65 Å². The Morgan fingerprint density at radius 2 is 1.81 bits per heavy atom. The fourth-order valence-electron chi connectivity index (χ4n) is 2.92. The van der Waals surface area contributed by atoms with Crippen LogP contribution in [0.2, 0.25) is 0 Å². The number of carbonyl (C=O) groups is 1. The van der Waals surface area contributed by atoms with E-state index in [9.17, 15) is 26.4 Å². The topological polar surface area (TPSA) is 106 Å². The molecule has 1 atom stereocenters.